The van der Waals surface area contributed by atoms with Gasteiger partial charge in [0.2, 0.25) is 0 Å². The van der Waals surface area contributed by atoms with Gasteiger partial charge in [0, 0.05) is 23.2 Å². The fourth-order valence-electron chi connectivity index (χ4n) is 1.42. The van der Waals surface area contributed by atoms with Gasteiger partial charge in [0.15, 0.2) is 0 Å². The number of nitrogens with zero attached hydrogens (tertiary/aromatic N) is 2. The van der Waals surface area contributed by atoms with Crippen molar-refractivity contribution in [3.05, 3.63) is 51.5 Å². The quantitative estimate of drug-likeness (QED) is 0.770. The minimum Gasteiger partial charge on any atom is -0.260 e. The van der Waals surface area contributed by atoms with Gasteiger partial charge in [-0.1, -0.05) is 6.07 Å². The van der Waals surface area contributed by atoms with Crippen molar-refractivity contribution >= 4 is 11.3 Å². The molecule has 0 aliphatic rings. The van der Waals surface area contributed by atoms with Crippen molar-refractivity contribution in [1.82, 2.24) is 4.98 Å². The normalized spacial score (nSPS) is 9.87. The molecule has 0 saturated carbocycles. The molecule has 15 heavy (non-hydrogen) atoms. The van der Waals surface area contributed by atoms with Gasteiger partial charge in [0.05, 0.1) is 5.56 Å². The van der Waals surface area contributed by atoms with Crippen LogP contribution in [0.4, 0.5) is 0 Å². The Morgan fingerprint density at radius 3 is 3.07 bits per heavy atom. The number of hydrogen-bond acceptors (Lipinski definition) is 3. The van der Waals surface area contributed by atoms with Gasteiger partial charge in [-0.2, -0.15) is 5.26 Å². The Bertz CT molecular complexity index is 495. The van der Waals surface area contributed by atoms with E-state index in [4.69, 9.17) is 5.26 Å². The minimum atomic E-state index is 0.632. The third-order valence-corrected chi connectivity index (χ3v) is 3.14. The number of nitriles is 1. The Labute approximate surface area is 92.8 Å². The molecule has 0 aliphatic carbocycles. The number of hydrogen-bond donors (Lipinski definition) is 0. The topological polar surface area (TPSA) is 36.7 Å². The summed E-state index contributed by atoms with van der Waals surface area (Å²) in [5.41, 5.74) is 2.77. The van der Waals surface area contributed by atoms with Crippen LogP contribution in [0.5, 0.6) is 0 Å². The van der Waals surface area contributed by atoms with E-state index in [0.29, 0.717) is 5.56 Å². The summed E-state index contributed by atoms with van der Waals surface area (Å²) in [7, 11) is 0. The van der Waals surface area contributed by atoms with Crippen LogP contribution in [0.1, 0.15) is 21.7 Å². The zero-order valence-electron chi connectivity index (χ0n) is 8.40. The average Bonchev–Trinajstić information content (AvgIpc) is 2.74. The van der Waals surface area contributed by atoms with E-state index in [0.717, 1.165) is 17.7 Å². The number of pyridine rings is 1. The maximum Gasteiger partial charge on any atom is 0.101 e. The van der Waals surface area contributed by atoms with Crippen LogP contribution in [-0.4, -0.2) is 4.98 Å². The van der Waals surface area contributed by atoms with E-state index < -0.39 is 0 Å². The van der Waals surface area contributed by atoms with Crippen molar-refractivity contribution in [3.8, 4) is 6.07 Å². The van der Waals surface area contributed by atoms with Crippen LogP contribution in [0.3, 0.4) is 0 Å². The lowest BCUT2D eigenvalue weighted by Crippen LogP contribution is -1.94. The number of thiophene rings is 1. The SMILES string of the molecule is Cc1ncc(C#N)cc1Cc1cccs1. The van der Waals surface area contributed by atoms with Crippen molar-refractivity contribution in [2.75, 3.05) is 0 Å². The zero-order valence-corrected chi connectivity index (χ0v) is 9.21. The minimum absolute atomic E-state index is 0.632. The van der Waals surface area contributed by atoms with Crippen LogP contribution < -0.4 is 0 Å². The summed E-state index contributed by atoms with van der Waals surface area (Å²) in [5, 5.41) is 10.9. The highest BCUT2D eigenvalue weighted by molar-refractivity contribution is 7.09. The maximum absolute atomic E-state index is 8.79. The van der Waals surface area contributed by atoms with E-state index in [1.54, 1.807) is 17.5 Å². The van der Waals surface area contributed by atoms with Gasteiger partial charge in [-0.15, -0.1) is 11.3 Å². The Morgan fingerprint density at radius 1 is 1.53 bits per heavy atom. The van der Waals surface area contributed by atoms with Crippen LogP contribution in [0.15, 0.2) is 29.8 Å². The van der Waals surface area contributed by atoms with Crippen LogP contribution in [0.25, 0.3) is 0 Å². The molecule has 2 aromatic rings. The molecular weight excluding hydrogens is 204 g/mol. The largest absolute Gasteiger partial charge is 0.260 e. The molecule has 2 rings (SSSR count). The van der Waals surface area contributed by atoms with Gasteiger partial charge < -0.3 is 0 Å². The number of aromatic nitrogens is 1. The predicted molar refractivity (Wildman–Crippen MR) is 60.8 cm³/mol. The summed E-state index contributed by atoms with van der Waals surface area (Å²) in [4.78, 5) is 5.51. The molecule has 0 aromatic carbocycles. The molecule has 0 aliphatic heterocycles. The van der Waals surface area contributed by atoms with E-state index in [1.165, 1.54) is 4.88 Å². The highest BCUT2D eigenvalue weighted by Crippen LogP contribution is 2.17. The van der Waals surface area contributed by atoms with Gasteiger partial charge in [-0.25, -0.2) is 0 Å². The molecule has 74 valence electrons. The van der Waals surface area contributed by atoms with Gasteiger partial charge in [-0.3, -0.25) is 4.98 Å². The molecule has 2 nitrogen and oxygen atoms in total. The molecule has 0 bridgehead atoms. The van der Waals surface area contributed by atoms with Crippen LogP contribution in [-0.2, 0) is 6.42 Å². The van der Waals surface area contributed by atoms with E-state index in [-0.39, 0.29) is 0 Å². The van der Waals surface area contributed by atoms with Gasteiger partial charge >= 0.3 is 0 Å². The van der Waals surface area contributed by atoms with Crippen molar-refractivity contribution in [1.29, 1.82) is 5.26 Å². The Hall–Kier alpha value is -1.66. The molecule has 0 spiro atoms. The smallest absolute Gasteiger partial charge is 0.101 e. The summed E-state index contributed by atoms with van der Waals surface area (Å²) in [5.74, 6) is 0. The maximum atomic E-state index is 8.79. The molecule has 0 unspecified atom stereocenters. The molecule has 2 aromatic heterocycles. The first-order chi connectivity index (χ1) is 7.29. The van der Waals surface area contributed by atoms with Gasteiger partial charge in [-0.05, 0) is 30.0 Å². The summed E-state index contributed by atoms with van der Waals surface area (Å²) in [6, 6.07) is 8.17. The average molecular weight is 214 g/mol. The standard InChI is InChI=1S/C12H10N2S/c1-9-11(5-10(7-13)8-14-9)6-12-3-2-4-15-12/h2-5,8H,6H2,1H3. The lowest BCUT2D eigenvalue weighted by Gasteiger charge is -2.03. The lowest BCUT2D eigenvalue weighted by molar-refractivity contribution is 1.09. The Kier molecular flexibility index (Phi) is 2.79. The monoisotopic (exact) mass is 214 g/mol. The molecule has 0 radical (unpaired) electrons. The van der Waals surface area contributed by atoms with Crippen molar-refractivity contribution in [3.63, 3.8) is 0 Å². The van der Waals surface area contributed by atoms with Crippen LogP contribution in [0.2, 0.25) is 0 Å². The molecule has 0 saturated heterocycles. The van der Waals surface area contributed by atoms with Gasteiger partial charge in [0.25, 0.3) is 0 Å². The second-order valence-corrected chi connectivity index (χ2v) is 4.37. The van der Waals surface area contributed by atoms with E-state index in [9.17, 15) is 0 Å². The van der Waals surface area contributed by atoms with Crippen molar-refractivity contribution < 1.29 is 0 Å². The lowest BCUT2D eigenvalue weighted by atomic mass is 10.1. The summed E-state index contributed by atoms with van der Waals surface area (Å²) >= 11 is 1.73. The fraction of sp³-hybridized carbons (Fsp3) is 0.167. The first kappa shape index (κ1) is 9.88. The van der Waals surface area contributed by atoms with Crippen LogP contribution >= 0.6 is 11.3 Å². The molecule has 0 N–H and O–H groups in total. The van der Waals surface area contributed by atoms with Crippen molar-refractivity contribution in [2.45, 2.75) is 13.3 Å². The van der Waals surface area contributed by atoms with Crippen molar-refractivity contribution in [2.24, 2.45) is 0 Å². The Balaban J connectivity index is 2.32. The second-order valence-electron chi connectivity index (χ2n) is 3.34. The fourth-order valence-corrected chi connectivity index (χ4v) is 2.15. The molecule has 0 atom stereocenters. The Morgan fingerprint density at radius 2 is 2.40 bits per heavy atom. The van der Waals surface area contributed by atoms with E-state index >= 15 is 0 Å². The summed E-state index contributed by atoms with van der Waals surface area (Å²) in [6.07, 6.45) is 2.49. The highest BCUT2D eigenvalue weighted by Gasteiger charge is 2.03. The predicted octanol–water partition coefficient (Wildman–Crippen LogP) is 2.91. The number of aryl methyl sites for hydroxylation is 1. The van der Waals surface area contributed by atoms with Crippen LogP contribution in [0, 0.1) is 18.3 Å². The van der Waals surface area contributed by atoms with E-state index in [1.807, 2.05) is 19.1 Å². The molecule has 3 heteroatoms. The summed E-state index contributed by atoms with van der Waals surface area (Å²) in [6.45, 7) is 1.98. The molecule has 2 heterocycles. The first-order valence-electron chi connectivity index (χ1n) is 4.67. The molecular formula is C12H10N2S. The van der Waals surface area contributed by atoms with Gasteiger partial charge in [0.1, 0.15) is 6.07 Å². The zero-order chi connectivity index (χ0) is 10.7. The molecule has 0 amide bonds. The third kappa shape index (κ3) is 2.23. The highest BCUT2D eigenvalue weighted by atomic mass is 32.1. The first-order valence-corrected chi connectivity index (χ1v) is 5.55. The second kappa shape index (κ2) is 4.24. The van der Waals surface area contributed by atoms with E-state index in [2.05, 4.69) is 22.5 Å². The third-order valence-electron chi connectivity index (χ3n) is 2.27. The summed E-state index contributed by atoms with van der Waals surface area (Å²) < 4.78 is 0. The number of rotatable bonds is 2. The molecule has 0 fully saturated rings.